The first kappa shape index (κ1) is 20.0. The van der Waals surface area contributed by atoms with Gasteiger partial charge in [0.05, 0.1) is 24.6 Å². The summed E-state index contributed by atoms with van der Waals surface area (Å²) in [5, 5.41) is 2.50. The van der Waals surface area contributed by atoms with Crippen LogP contribution in [0.2, 0.25) is 0 Å². The van der Waals surface area contributed by atoms with Crippen LogP contribution < -0.4 is 10.2 Å². The van der Waals surface area contributed by atoms with Crippen LogP contribution in [-0.4, -0.2) is 50.5 Å². The smallest absolute Gasteiger partial charge is 0.412 e. The molecule has 0 saturated carbocycles. The quantitative estimate of drug-likeness (QED) is 0.543. The van der Waals surface area contributed by atoms with Crippen molar-refractivity contribution in [2.24, 2.45) is 0 Å². The van der Waals surface area contributed by atoms with Crippen LogP contribution in [-0.2, 0) is 4.74 Å². The van der Waals surface area contributed by atoms with Crippen molar-refractivity contribution in [2.75, 3.05) is 24.4 Å². The van der Waals surface area contributed by atoms with E-state index < -0.39 is 6.09 Å². The number of nitrogens with zero attached hydrogens (tertiary/aromatic N) is 6. The fourth-order valence-corrected chi connectivity index (χ4v) is 2.98. The van der Waals surface area contributed by atoms with Gasteiger partial charge in [0.25, 0.3) is 5.91 Å². The Morgan fingerprint density at radius 2 is 1.90 bits per heavy atom. The predicted molar refractivity (Wildman–Crippen MR) is 114 cm³/mol. The summed E-state index contributed by atoms with van der Waals surface area (Å²) in [5.41, 5.74) is 3.42. The Balaban J connectivity index is 1.65. The molecule has 0 spiro atoms. The monoisotopic (exact) mass is 417 g/mol. The molecule has 0 aromatic carbocycles. The minimum absolute atomic E-state index is 0.247. The SMILES string of the molecule is COC(=O)Nc1ccc(-c2cnc3ccc(C(=O)N(C)c4nccc(C)n4)cn23)cn1. The summed E-state index contributed by atoms with van der Waals surface area (Å²) in [6.45, 7) is 1.84. The molecule has 156 valence electrons. The van der Waals surface area contributed by atoms with E-state index in [1.165, 1.54) is 12.0 Å². The molecular formula is C21H19N7O3. The number of aryl methyl sites for hydroxylation is 1. The molecular weight excluding hydrogens is 398 g/mol. The molecule has 0 aliphatic carbocycles. The zero-order valence-corrected chi connectivity index (χ0v) is 17.1. The number of carbonyl (C=O) groups excluding carboxylic acids is 2. The number of nitrogens with one attached hydrogen (secondary N) is 1. The molecule has 4 heterocycles. The maximum absolute atomic E-state index is 13.0. The average Bonchev–Trinajstić information content (AvgIpc) is 3.21. The van der Waals surface area contributed by atoms with E-state index in [0.29, 0.717) is 23.0 Å². The summed E-state index contributed by atoms with van der Waals surface area (Å²) in [5.74, 6) is 0.441. The second-order valence-corrected chi connectivity index (χ2v) is 6.70. The summed E-state index contributed by atoms with van der Waals surface area (Å²) < 4.78 is 6.37. The van der Waals surface area contributed by atoms with Crippen LogP contribution in [0.3, 0.4) is 0 Å². The van der Waals surface area contributed by atoms with Crippen molar-refractivity contribution in [3.63, 3.8) is 0 Å². The number of ether oxygens (including phenoxy) is 1. The Kier molecular flexibility index (Phi) is 5.27. The van der Waals surface area contributed by atoms with Gasteiger partial charge in [-0.05, 0) is 37.3 Å². The molecule has 0 atom stereocenters. The van der Waals surface area contributed by atoms with Crippen molar-refractivity contribution in [1.29, 1.82) is 0 Å². The van der Waals surface area contributed by atoms with Crippen LogP contribution in [0.1, 0.15) is 16.1 Å². The highest BCUT2D eigenvalue weighted by Gasteiger charge is 2.17. The lowest BCUT2D eigenvalue weighted by atomic mass is 10.2. The number of carbonyl (C=O) groups is 2. The summed E-state index contributed by atoms with van der Waals surface area (Å²) in [7, 11) is 2.91. The maximum Gasteiger partial charge on any atom is 0.412 e. The Morgan fingerprint density at radius 1 is 1.06 bits per heavy atom. The van der Waals surface area contributed by atoms with Crippen molar-refractivity contribution in [1.82, 2.24) is 24.3 Å². The molecule has 0 bridgehead atoms. The normalized spacial score (nSPS) is 10.7. The zero-order chi connectivity index (χ0) is 22.0. The van der Waals surface area contributed by atoms with Crippen molar-refractivity contribution in [3.8, 4) is 11.3 Å². The summed E-state index contributed by atoms with van der Waals surface area (Å²) in [6, 6.07) is 8.70. The Hall–Kier alpha value is -4.34. The second kappa shape index (κ2) is 8.19. The lowest BCUT2D eigenvalue weighted by Crippen LogP contribution is -2.28. The first-order valence-electron chi connectivity index (χ1n) is 9.32. The first-order chi connectivity index (χ1) is 15.0. The van der Waals surface area contributed by atoms with Crippen LogP contribution in [0.4, 0.5) is 16.6 Å². The van der Waals surface area contributed by atoms with Crippen LogP contribution in [0.25, 0.3) is 16.9 Å². The number of methoxy groups -OCH3 is 1. The third-order valence-electron chi connectivity index (χ3n) is 4.61. The molecule has 0 aliphatic rings. The van der Waals surface area contributed by atoms with Crippen LogP contribution in [0.5, 0.6) is 0 Å². The number of pyridine rings is 2. The van der Waals surface area contributed by atoms with E-state index in [-0.39, 0.29) is 5.91 Å². The molecule has 0 fully saturated rings. The van der Waals surface area contributed by atoms with Crippen LogP contribution in [0.15, 0.2) is 55.1 Å². The molecule has 10 nitrogen and oxygen atoms in total. The number of anilines is 2. The maximum atomic E-state index is 13.0. The number of hydrogen-bond donors (Lipinski definition) is 1. The van der Waals surface area contributed by atoms with E-state index in [1.54, 1.807) is 62.2 Å². The van der Waals surface area contributed by atoms with E-state index in [4.69, 9.17) is 0 Å². The first-order valence-corrected chi connectivity index (χ1v) is 9.32. The molecule has 4 aromatic rings. The van der Waals surface area contributed by atoms with Gasteiger partial charge in [-0.3, -0.25) is 19.4 Å². The van der Waals surface area contributed by atoms with Gasteiger partial charge in [0.2, 0.25) is 5.95 Å². The van der Waals surface area contributed by atoms with Crippen LogP contribution >= 0.6 is 0 Å². The van der Waals surface area contributed by atoms with Gasteiger partial charge in [0, 0.05) is 36.9 Å². The molecule has 0 saturated heterocycles. The topological polar surface area (TPSA) is 115 Å². The number of imidazole rings is 1. The van der Waals surface area contributed by atoms with E-state index in [9.17, 15) is 9.59 Å². The summed E-state index contributed by atoms with van der Waals surface area (Å²) in [6.07, 6.45) is 6.04. The number of fused-ring (bicyclic) bond motifs is 1. The van der Waals surface area contributed by atoms with Crippen molar-refractivity contribution in [3.05, 3.63) is 66.4 Å². The lowest BCUT2D eigenvalue weighted by Gasteiger charge is -2.15. The molecule has 0 radical (unpaired) electrons. The minimum Gasteiger partial charge on any atom is -0.453 e. The van der Waals surface area contributed by atoms with Gasteiger partial charge < -0.3 is 4.74 Å². The molecule has 1 N–H and O–H groups in total. The van der Waals surface area contributed by atoms with Gasteiger partial charge >= 0.3 is 6.09 Å². The average molecular weight is 417 g/mol. The Morgan fingerprint density at radius 3 is 2.61 bits per heavy atom. The van der Waals surface area contributed by atoms with Gasteiger partial charge in [0.1, 0.15) is 11.5 Å². The number of aromatic nitrogens is 5. The van der Waals surface area contributed by atoms with Gasteiger partial charge in [0.15, 0.2) is 0 Å². The number of hydrogen-bond acceptors (Lipinski definition) is 7. The minimum atomic E-state index is -0.597. The third-order valence-corrected chi connectivity index (χ3v) is 4.61. The predicted octanol–water partition coefficient (Wildman–Crippen LogP) is 2.95. The molecule has 2 amide bonds. The molecule has 31 heavy (non-hydrogen) atoms. The number of amides is 2. The molecule has 0 aliphatic heterocycles. The van der Waals surface area contributed by atoms with E-state index >= 15 is 0 Å². The van der Waals surface area contributed by atoms with Gasteiger partial charge in [-0.2, -0.15) is 0 Å². The fourth-order valence-electron chi connectivity index (χ4n) is 2.98. The summed E-state index contributed by atoms with van der Waals surface area (Å²) in [4.78, 5) is 42.8. The van der Waals surface area contributed by atoms with Gasteiger partial charge in [-0.1, -0.05) is 0 Å². The Bertz CT molecular complexity index is 1270. The highest BCUT2D eigenvalue weighted by atomic mass is 16.5. The highest BCUT2D eigenvalue weighted by Crippen LogP contribution is 2.22. The molecule has 4 aromatic heterocycles. The fraction of sp³-hybridized carbons (Fsp3) is 0.143. The standard InChI is InChI=1S/C21H19N7O3/c1-13-8-9-22-20(25-13)27(2)19(29)15-5-7-18-24-11-16(28(18)12-15)14-4-6-17(23-10-14)26-21(30)31-3/h4-12H,1-3H3,(H,23,26,30). The lowest BCUT2D eigenvalue weighted by molar-refractivity contribution is 0.0991. The van der Waals surface area contributed by atoms with E-state index in [0.717, 1.165) is 17.0 Å². The van der Waals surface area contributed by atoms with Gasteiger partial charge in [-0.15, -0.1) is 0 Å². The van der Waals surface area contributed by atoms with Crippen molar-refractivity contribution < 1.29 is 14.3 Å². The Labute approximate surface area is 177 Å². The third kappa shape index (κ3) is 4.04. The van der Waals surface area contributed by atoms with Crippen molar-refractivity contribution >= 4 is 29.4 Å². The van der Waals surface area contributed by atoms with Gasteiger partial charge in [-0.25, -0.2) is 24.7 Å². The summed E-state index contributed by atoms with van der Waals surface area (Å²) >= 11 is 0. The molecule has 10 heteroatoms. The largest absolute Gasteiger partial charge is 0.453 e. The van der Waals surface area contributed by atoms with E-state index in [1.807, 2.05) is 11.3 Å². The highest BCUT2D eigenvalue weighted by molar-refractivity contribution is 6.04. The van der Waals surface area contributed by atoms with Crippen molar-refractivity contribution in [2.45, 2.75) is 6.92 Å². The second-order valence-electron chi connectivity index (χ2n) is 6.70. The van der Waals surface area contributed by atoms with Crippen LogP contribution in [0, 0.1) is 6.92 Å². The zero-order valence-electron chi connectivity index (χ0n) is 17.1. The number of rotatable bonds is 4. The molecule has 4 rings (SSSR count). The molecule has 0 unspecified atom stereocenters. The van der Waals surface area contributed by atoms with E-state index in [2.05, 4.69) is 30.0 Å².